The first kappa shape index (κ1) is 17.2. The summed E-state index contributed by atoms with van der Waals surface area (Å²) in [6.07, 6.45) is 1.49. The SMILES string of the molecule is Cc1nn(C)c(C)c1CCC(=O)NC(C)(C)CCC(=O)O. The maximum atomic E-state index is 12.0. The Labute approximate surface area is 125 Å². The molecule has 6 heteroatoms. The number of aliphatic carboxylic acids is 1. The number of carbonyl (C=O) groups is 2. The molecule has 1 rings (SSSR count). The van der Waals surface area contributed by atoms with Crippen LogP contribution >= 0.6 is 0 Å². The summed E-state index contributed by atoms with van der Waals surface area (Å²) in [5.74, 6) is -0.910. The van der Waals surface area contributed by atoms with E-state index in [0.29, 0.717) is 19.3 Å². The van der Waals surface area contributed by atoms with Crippen molar-refractivity contribution in [3.8, 4) is 0 Å². The highest BCUT2D eigenvalue weighted by Gasteiger charge is 2.21. The van der Waals surface area contributed by atoms with Crippen molar-refractivity contribution in [2.45, 2.75) is 58.9 Å². The van der Waals surface area contributed by atoms with Crippen LogP contribution < -0.4 is 5.32 Å². The van der Waals surface area contributed by atoms with Crippen LogP contribution in [-0.2, 0) is 23.1 Å². The normalized spacial score (nSPS) is 11.5. The van der Waals surface area contributed by atoms with Crippen molar-refractivity contribution in [3.63, 3.8) is 0 Å². The number of nitrogens with one attached hydrogen (secondary N) is 1. The highest BCUT2D eigenvalue weighted by molar-refractivity contribution is 5.77. The molecule has 0 radical (unpaired) electrons. The molecule has 0 aliphatic rings. The Morgan fingerprint density at radius 3 is 2.38 bits per heavy atom. The Balaban J connectivity index is 2.52. The summed E-state index contributed by atoms with van der Waals surface area (Å²) in [6, 6.07) is 0. The number of aromatic nitrogens is 2. The Morgan fingerprint density at radius 1 is 1.29 bits per heavy atom. The maximum Gasteiger partial charge on any atom is 0.303 e. The van der Waals surface area contributed by atoms with Gasteiger partial charge in [-0.15, -0.1) is 0 Å². The molecule has 0 saturated heterocycles. The monoisotopic (exact) mass is 295 g/mol. The van der Waals surface area contributed by atoms with E-state index in [1.165, 1.54) is 0 Å². The molecule has 2 N–H and O–H groups in total. The second-order valence-electron chi connectivity index (χ2n) is 6.10. The molecule has 1 amide bonds. The van der Waals surface area contributed by atoms with Gasteiger partial charge in [0, 0.05) is 31.1 Å². The summed E-state index contributed by atoms with van der Waals surface area (Å²) < 4.78 is 1.82. The maximum absolute atomic E-state index is 12.0. The Hall–Kier alpha value is -1.85. The van der Waals surface area contributed by atoms with Gasteiger partial charge < -0.3 is 10.4 Å². The van der Waals surface area contributed by atoms with Crippen LogP contribution in [-0.4, -0.2) is 32.3 Å². The van der Waals surface area contributed by atoms with Crippen LogP contribution in [0.5, 0.6) is 0 Å². The third kappa shape index (κ3) is 5.21. The topological polar surface area (TPSA) is 84.2 Å². The fourth-order valence-electron chi connectivity index (χ4n) is 2.34. The fourth-order valence-corrected chi connectivity index (χ4v) is 2.34. The van der Waals surface area contributed by atoms with E-state index in [1.807, 2.05) is 39.4 Å². The zero-order valence-electron chi connectivity index (χ0n) is 13.5. The van der Waals surface area contributed by atoms with Gasteiger partial charge in [0.1, 0.15) is 0 Å². The van der Waals surface area contributed by atoms with E-state index < -0.39 is 11.5 Å². The number of amides is 1. The van der Waals surface area contributed by atoms with Gasteiger partial charge in [-0.05, 0) is 46.1 Å². The van der Waals surface area contributed by atoms with Gasteiger partial charge in [-0.1, -0.05) is 0 Å². The van der Waals surface area contributed by atoms with Crippen LogP contribution in [0.3, 0.4) is 0 Å². The average Bonchev–Trinajstić information content (AvgIpc) is 2.58. The Kier molecular flexibility index (Phi) is 5.52. The third-order valence-electron chi connectivity index (χ3n) is 3.70. The molecule has 0 unspecified atom stereocenters. The zero-order chi connectivity index (χ0) is 16.2. The first-order valence-corrected chi connectivity index (χ1v) is 7.14. The largest absolute Gasteiger partial charge is 0.481 e. The van der Waals surface area contributed by atoms with Crippen LogP contribution in [0.15, 0.2) is 0 Å². The quantitative estimate of drug-likeness (QED) is 0.802. The Bertz CT molecular complexity index is 533. The molecule has 21 heavy (non-hydrogen) atoms. The van der Waals surface area contributed by atoms with Crippen LogP contribution in [0.2, 0.25) is 0 Å². The molecular formula is C15H25N3O3. The lowest BCUT2D eigenvalue weighted by molar-refractivity contribution is -0.137. The molecule has 0 bridgehead atoms. The van der Waals surface area contributed by atoms with Gasteiger partial charge in [-0.3, -0.25) is 14.3 Å². The van der Waals surface area contributed by atoms with Crippen LogP contribution in [0.25, 0.3) is 0 Å². The summed E-state index contributed by atoms with van der Waals surface area (Å²) in [5.41, 5.74) is 2.63. The summed E-state index contributed by atoms with van der Waals surface area (Å²) in [4.78, 5) is 22.6. The van der Waals surface area contributed by atoms with E-state index in [4.69, 9.17) is 5.11 Å². The molecule has 0 aromatic carbocycles. The molecule has 1 aromatic heterocycles. The van der Waals surface area contributed by atoms with E-state index in [1.54, 1.807) is 0 Å². The highest BCUT2D eigenvalue weighted by Crippen LogP contribution is 2.15. The zero-order valence-corrected chi connectivity index (χ0v) is 13.5. The molecule has 0 spiro atoms. The fraction of sp³-hybridized carbons (Fsp3) is 0.667. The molecule has 1 aromatic rings. The number of carboxylic acid groups (broad SMARTS) is 1. The lowest BCUT2D eigenvalue weighted by Gasteiger charge is -2.25. The Morgan fingerprint density at radius 2 is 1.90 bits per heavy atom. The first-order valence-electron chi connectivity index (χ1n) is 7.14. The van der Waals surface area contributed by atoms with Crippen LogP contribution in [0.1, 0.15) is 50.1 Å². The summed E-state index contributed by atoms with van der Waals surface area (Å²) in [5, 5.41) is 15.9. The molecule has 1 heterocycles. The number of hydrogen-bond donors (Lipinski definition) is 2. The molecule has 118 valence electrons. The average molecular weight is 295 g/mol. The van der Waals surface area contributed by atoms with Crippen molar-refractivity contribution in [1.82, 2.24) is 15.1 Å². The smallest absolute Gasteiger partial charge is 0.303 e. The van der Waals surface area contributed by atoms with E-state index in [0.717, 1.165) is 17.0 Å². The molecule has 6 nitrogen and oxygen atoms in total. The lowest BCUT2D eigenvalue weighted by Crippen LogP contribution is -2.43. The lowest BCUT2D eigenvalue weighted by atomic mass is 9.97. The minimum atomic E-state index is -0.848. The van der Waals surface area contributed by atoms with Crippen LogP contribution in [0, 0.1) is 13.8 Å². The summed E-state index contributed by atoms with van der Waals surface area (Å²) in [7, 11) is 1.89. The van der Waals surface area contributed by atoms with Crippen molar-refractivity contribution in [2.24, 2.45) is 7.05 Å². The van der Waals surface area contributed by atoms with E-state index in [-0.39, 0.29) is 12.3 Å². The van der Waals surface area contributed by atoms with Crippen molar-refractivity contribution in [1.29, 1.82) is 0 Å². The van der Waals surface area contributed by atoms with Crippen molar-refractivity contribution in [2.75, 3.05) is 0 Å². The van der Waals surface area contributed by atoms with Gasteiger partial charge in [-0.25, -0.2) is 0 Å². The van der Waals surface area contributed by atoms with Gasteiger partial charge in [-0.2, -0.15) is 5.10 Å². The predicted molar refractivity (Wildman–Crippen MR) is 80.1 cm³/mol. The second-order valence-corrected chi connectivity index (χ2v) is 6.10. The second kappa shape index (κ2) is 6.74. The number of carboxylic acids is 1. The van der Waals surface area contributed by atoms with Crippen molar-refractivity contribution >= 4 is 11.9 Å². The van der Waals surface area contributed by atoms with Gasteiger partial charge >= 0.3 is 5.97 Å². The first-order chi connectivity index (χ1) is 9.62. The highest BCUT2D eigenvalue weighted by atomic mass is 16.4. The predicted octanol–water partition coefficient (Wildman–Crippen LogP) is 1.73. The van der Waals surface area contributed by atoms with E-state index in [9.17, 15) is 9.59 Å². The number of rotatable bonds is 7. The summed E-state index contributed by atoms with van der Waals surface area (Å²) >= 11 is 0. The molecular weight excluding hydrogens is 270 g/mol. The molecule has 0 fully saturated rings. The van der Waals surface area contributed by atoms with Gasteiger partial charge in [0.2, 0.25) is 5.91 Å². The number of carbonyl (C=O) groups excluding carboxylic acids is 1. The standard InChI is InChI=1S/C15H25N3O3/c1-10-12(11(2)18(5)17-10)6-7-13(19)16-15(3,4)9-8-14(20)21/h6-9H2,1-5H3,(H,16,19)(H,20,21). The van der Waals surface area contributed by atoms with Crippen molar-refractivity contribution in [3.05, 3.63) is 17.0 Å². The van der Waals surface area contributed by atoms with Crippen molar-refractivity contribution < 1.29 is 14.7 Å². The van der Waals surface area contributed by atoms with Gasteiger partial charge in [0.15, 0.2) is 0 Å². The number of hydrogen-bond acceptors (Lipinski definition) is 3. The number of nitrogens with zero attached hydrogens (tertiary/aromatic N) is 2. The molecule has 0 aliphatic carbocycles. The summed E-state index contributed by atoms with van der Waals surface area (Å²) in [6.45, 7) is 7.61. The molecule has 0 aliphatic heterocycles. The van der Waals surface area contributed by atoms with E-state index in [2.05, 4.69) is 10.4 Å². The van der Waals surface area contributed by atoms with Crippen LogP contribution in [0.4, 0.5) is 0 Å². The molecule has 0 atom stereocenters. The van der Waals surface area contributed by atoms with E-state index >= 15 is 0 Å². The molecule has 0 saturated carbocycles. The minimum absolute atomic E-state index is 0.0497. The number of aryl methyl sites for hydroxylation is 2. The third-order valence-corrected chi connectivity index (χ3v) is 3.70. The minimum Gasteiger partial charge on any atom is -0.481 e. The van der Waals surface area contributed by atoms with Gasteiger partial charge in [0.05, 0.1) is 5.69 Å². The van der Waals surface area contributed by atoms with Gasteiger partial charge in [0.25, 0.3) is 0 Å².